The Bertz CT molecular complexity index is 1300. The molecule has 1 aliphatic rings. The summed E-state index contributed by atoms with van der Waals surface area (Å²) in [5.41, 5.74) is 8.71. The molecule has 29 heavy (non-hydrogen) atoms. The van der Waals surface area contributed by atoms with E-state index in [1.54, 1.807) is 0 Å². The number of benzene rings is 2. The van der Waals surface area contributed by atoms with E-state index in [4.69, 9.17) is 4.98 Å². The van der Waals surface area contributed by atoms with Gasteiger partial charge in [-0.15, -0.1) is 0 Å². The Morgan fingerprint density at radius 2 is 2.00 bits per heavy atom. The van der Waals surface area contributed by atoms with Gasteiger partial charge in [0.1, 0.15) is 5.65 Å². The number of rotatable bonds is 4. The minimum absolute atomic E-state index is 0.963. The molecule has 6 rings (SSSR count). The second-order valence-electron chi connectivity index (χ2n) is 7.77. The number of fused-ring (bicyclic) bond motifs is 3. The van der Waals surface area contributed by atoms with Crippen molar-refractivity contribution in [1.29, 1.82) is 0 Å². The van der Waals surface area contributed by atoms with Crippen LogP contribution >= 0.6 is 0 Å². The lowest BCUT2D eigenvalue weighted by Crippen LogP contribution is -2.19. The van der Waals surface area contributed by atoms with Crippen molar-refractivity contribution >= 4 is 16.6 Å². The van der Waals surface area contributed by atoms with E-state index < -0.39 is 0 Å². The van der Waals surface area contributed by atoms with E-state index in [9.17, 15) is 0 Å². The molecule has 0 radical (unpaired) electrons. The molecular formula is C24H21N5. The zero-order chi connectivity index (χ0) is 19.2. The van der Waals surface area contributed by atoms with E-state index in [1.807, 2.05) is 18.3 Å². The van der Waals surface area contributed by atoms with Gasteiger partial charge in [0.25, 0.3) is 0 Å². The molecule has 5 aromatic rings. The molecule has 0 saturated heterocycles. The first-order valence-corrected chi connectivity index (χ1v) is 10.0. The van der Waals surface area contributed by atoms with Crippen molar-refractivity contribution in [1.82, 2.24) is 24.5 Å². The summed E-state index contributed by atoms with van der Waals surface area (Å²) < 4.78 is 2.10. The van der Waals surface area contributed by atoms with Gasteiger partial charge in [-0.3, -0.25) is 10.00 Å². The number of pyridine rings is 1. The maximum Gasteiger partial charge on any atom is 0.136 e. The quantitative estimate of drug-likeness (QED) is 0.502. The topological polar surface area (TPSA) is 49.2 Å². The number of nitrogens with one attached hydrogen (secondary N) is 1. The Hall–Kier alpha value is -3.44. The second kappa shape index (κ2) is 6.57. The number of hydrogen-bond acceptors (Lipinski definition) is 3. The third-order valence-corrected chi connectivity index (χ3v) is 5.90. The van der Waals surface area contributed by atoms with E-state index >= 15 is 0 Å². The second-order valence-corrected chi connectivity index (χ2v) is 7.77. The van der Waals surface area contributed by atoms with Crippen LogP contribution in [0.4, 0.5) is 0 Å². The summed E-state index contributed by atoms with van der Waals surface area (Å²) in [5.74, 6) is 0. The van der Waals surface area contributed by atoms with Crippen LogP contribution in [0.3, 0.4) is 0 Å². The predicted molar refractivity (Wildman–Crippen MR) is 115 cm³/mol. The molecule has 2 aromatic carbocycles. The molecule has 142 valence electrons. The van der Waals surface area contributed by atoms with Crippen LogP contribution in [0.1, 0.15) is 16.8 Å². The Morgan fingerprint density at radius 1 is 1.00 bits per heavy atom. The van der Waals surface area contributed by atoms with Crippen molar-refractivity contribution in [3.63, 3.8) is 0 Å². The average Bonchev–Trinajstić information content (AvgIpc) is 3.48. The van der Waals surface area contributed by atoms with Gasteiger partial charge in [0.2, 0.25) is 0 Å². The molecule has 0 bridgehead atoms. The average molecular weight is 379 g/mol. The number of nitrogens with zero attached hydrogens (tertiary/aromatic N) is 4. The minimum atomic E-state index is 0.963. The van der Waals surface area contributed by atoms with Gasteiger partial charge in [-0.05, 0) is 40.5 Å². The Kier molecular flexibility index (Phi) is 3.74. The van der Waals surface area contributed by atoms with Crippen LogP contribution in [0.15, 0.2) is 73.2 Å². The van der Waals surface area contributed by atoms with Crippen LogP contribution in [0.2, 0.25) is 0 Å². The van der Waals surface area contributed by atoms with Crippen LogP contribution in [0, 0.1) is 0 Å². The lowest BCUT2D eigenvalue weighted by atomic mass is 9.96. The van der Waals surface area contributed by atoms with Gasteiger partial charge in [-0.25, -0.2) is 4.98 Å². The van der Waals surface area contributed by atoms with E-state index in [0.29, 0.717) is 0 Å². The fourth-order valence-electron chi connectivity index (χ4n) is 4.40. The summed E-state index contributed by atoms with van der Waals surface area (Å²) in [7, 11) is 0. The molecule has 5 nitrogen and oxygen atoms in total. The highest BCUT2D eigenvalue weighted by atomic mass is 15.1. The summed E-state index contributed by atoms with van der Waals surface area (Å²) in [5, 5.41) is 8.38. The number of aromatic nitrogens is 4. The molecule has 0 spiro atoms. The predicted octanol–water partition coefficient (Wildman–Crippen LogP) is 4.44. The Balaban J connectivity index is 1.23. The van der Waals surface area contributed by atoms with Crippen molar-refractivity contribution in [3.05, 3.63) is 90.0 Å². The van der Waals surface area contributed by atoms with Gasteiger partial charge in [0.15, 0.2) is 0 Å². The minimum Gasteiger partial charge on any atom is -0.307 e. The monoisotopic (exact) mass is 379 g/mol. The fourth-order valence-corrected chi connectivity index (χ4v) is 4.40. The first-order valence-electron chi connectivity index (χ1n) is 10.0. The zero-order valence-electron chi connectivity index (χ0n) is 16.0. The number of H-pyrrole nitrogens is 1. The van der Waals surface area contributed by atoms with E-state index in [-0.39, 0.29) is 0 Å². The van der Waals surface area contributed by atoms with Gasteiger partial charge in [-0.1, -0.05) is 36.4 Å². The first-order chi connectivity index (χ1) is 14.3. The van der Waals surface area contributed by atoms with Crippen LogP contribution in [0.25, 0.3) is 27.7 Å². The lowest BCUT2D eigenvalue weighted by molar-refractivity contribution is 0.287. The summed E-state index contributed by atoms with van der Waals surface area (Å²) in [6.07, 6.45) is 7.03. The van der Waals surface area contributed by atoms with E-state index in [1.165, 1.54) is 22.3 Å². The van der Waals surface area contributed by atoms with Crippen molar-refractivity contribution < 1.29 is 0 Å². The standard InChI is InChI=1S/C24H21N5/c1-2-10-29-15-20(26-24(29)6-1)9-11-28-14-19-4-3-5-21(22(19)16-28)17-7-8-18-13-25-27-23(18)12-17/h1-8,10,12-13,15H,9,11,14,16H2,(H,25,27). The normalized spacial score (nSPS) is 14.1. The van der Waals surface area contributed by atoms with Crippen molar-refractivity contribution in [2.24, 2.45) is 0 Å². The van der Waals surface area contributed by atoms with Crippen molar-refractivity contribution in [3.8, 4) is 11.1 Å². The van der Waals surface area contributed by atoms with Gasteiger partial charge >= 0.3 is 0 Å². The fraction of sp³-hybridized carbons (Fsp3) is 0.167. The van der Waals surface area contributed by atoms with E-state index in [0.717, 1.165) is 48.3 Å². The Morgan fingerprint density at radius 3 is 2.97 bits per heavy atom. The highest BCUT2D eigenvalue weighted by Gasteiger charge is 2.22. The molecule has 0 amide bonds. The van der Waals surface area contributed by atoms with Crippen LogP contribution in [0.5, 0.6) is 0 Å². The highest BCUT2D eigenvalue weighted by Crippen LogP contribution is 2.33. The van der Waals surface area contributed by atoms with E-state index in [2.05, 4.69) is 74.4 Å². The highest BCUT2D eigenvalue weighted by molar-refractivity contribution is 5.84. The molecule has 3 aromatic heterocycles. The molecule has 1 N–H and O–H groups in total. The molecule has 0 unspecified atom stereocenters. The first kappa shape index (κ1) is 16.5. The third-order valence-electron chi connectivity index (χ3n) is 5.90. The van der Waals surface area contributed by atoms with Crippen LogP contribution in [-0.4, -0.2) is 31.0 Å². The van der Waals surface area contributed by atoms with Crippen LogP contribution < -0.4 is 0 Å². The Labute approximate surface area is 168 Å². The summed E-state index contributed by atoms with van der Waals surface area (Å²) in [4.78, 5) is 7.26. The zero-order valence-corrected chi connectivity index (χ0v) is 16.0. The molecule has 0 aliphatic carbocycles. The molecule has 0 saturated carbocycles. The third kappa shape index (κ3) is 2.91. The maximum absolute atomic E-state index is 4.74. The van der Waals surface area contributed by atoms with Crippen LogP contribution in [-0.2, 0) is 19.5 Å². The maximum atomic E-state index is 4.74. The lowest BCUT2D eigenvalue weighted by Gasteiger charge is -2.14. The smallest absolute Gasteiger partial charge is 0.136 e. The number of imidazole rings is 1. The molecule has 5 heteroatoms. The molecule has 1 aliphatic heterocycles. The van der Waals surface area contributed by atoms with Crippen molar-refractivity contribution in [2.45, 2.75) is 19.5 Å². The summed E-state index contributed by atoms with van der Waals surface area (Å²) in [6.45, 7) is 3.00. The van der Waals surface area contributed by atoms with Gasteiger partial charge in [-0.2, -0.15) is 5.10 Å². The molecule has 0 atom stereocenters. The number of aromatic amines is 1. The SMILES string of the molecule is c1cc2c(c(-c3ccc4cn[nH]c4c3)c1)CN(CCc1cn3ccccc3n1)C2. The van der Waals surface area contributed by atoms with Gasteiger partial charge < -0.3 is 4.40 Å². The molecule has 0 fully saturated rings. The number of hydrogen-bond donors (Lipinski definition) is 1. The largest absolute Gasteiger partial charge is 0.307 e. The van der Waals surface area contributed by atoms with Gasteiger partial charge in [0, 0.05) is 43.8 Å². The van der Waals surface area contributed by atoms with Gasteiger partial charge in [0.05, 0.1) is 17.4 Å². The molecular weight excluding hydrogens is 358 g/mol. The molecule has 4 heterocycles. The summed E-state index contributed by atoms with van der Waals surface area (Å²) in [6, 6.07) is 19.4. The summed E-state index contributed by atoms with van der Waals surface area (Å²) >= 11 is 0. The van der Waals surface area contributed by atoms with Crippen molar-refractivity contribution in [2.75, 3.05) is 6.54 Å².